The molecule has 0 aliphatic carbocycles. The highest BCUT2D eigenvalue weighted by molar-refractivity contribution is 6.74. The molecule has 31 heavy (non-hydrogen) atoms. The van der Waals surface area contributed by atoms with Crippen LogP contribution in [0.15, 0.2) is 18.4 Å². The number of carbonyl (C=O) groups excluding carboxylic acids is 1. The summed E-state index contributed by atoms with van der Waals surface area (Å²) in [5, 5.41) is 2.99. The lowest BCUT2D eigenvalue weighted by molar-refractivity contribution is 0.0455. The Morgan fingerprint density at radius 2 is 1.39 bits per heavy atom. The highest BCUT2D eigenvalue weighted by Crippen LogP contribution is 2.41. The third-order valence-electron chi connectivity index (χ3n) is 6.23. The van der Waals surface area contributed by atoms with Gasteiger partial charge in [0.2, 0.25) is 0 Å². The molecule has 1 amide bonds. The van der Waals surface area contributed by atoms with Gasteiger partial charge in [0.1, 0.15) is 5.60 Å². The summed E-state index contributed by atoms with van der Waals surface area (Å²) in [5.41, 5.74) is 2.40. The predicted molar refractivity (Wildman–Crippen MR) is 137 cm³/mol. The van der Waals surface area contributed by atoms with Crippen LogP contribution in [0, 0.1) is 0 Å². The maximum absolute atomic E-state index is 12.1. The van der Waals surface area contributed by atoms with Crippen molar-refractivity contribution in [1.82, 2.24) is 5.32 Å². The molecular weight excluding hydrogens is 422 g/mol. The number of hydrogen-bond donors (Lipinski definition) is 1. The van der Waals surface area contributed by atoms with Gasteiger partial charge >= 0.3 is 6.09 Å². The van der Waals surface area contributed by atoms with Gasteiger partial charge in [-0.2, -0.15) is 0 Å². The van der Waals surface area contributed by atoms with Gasteiger partial charge in [-0.1, -0.05) is 48.1 Å². The lowest BCUT2D eigenvalue weighted by Gasteiger charge is -2.44. The van der Waals surface area contributed by atoms with Crippen LogP contribution in [0.4, 0.5) is 4.79 Å². The summed E-state index contributed by atoms with van der Waals surface area (Å²) in [7, 11) is -4.13. The molecule has 0 aromatic heterocycles. The molecule has 7 heteroatoms. The molecule has 182 valence electrons. The van der Waals surface area contributed by atoms with Gasteiger partial charge in [-0.25, -0.2) is 4.79 Å². The van der Waals surface area contributed by atoms with E-state index in [4.69, 9.17) is 13.6 Å². The second kappa shape index (κ2) is 10.8. The fourth-order valence-electron chi connectivity index (χ4n) is 2.33. The highest BCUT2D eigenvalue weighted by Gasteiger charge is 2.44. The lowest BCUT2D eigenvalue weighted by Crippen LogP contribution is -2.52. The van der Waals surface area contributed by atoms with Gasteiger partial charge in [-0.15, -0.1) is 5.73 Å². The zero-order valence-electron chi connectivity index (χ0n) is 22.5. The smallest absolute Gasteiger partial charge is 0.407 e. The molecule has 1 N–H and O–H groups in total. The van der Waals surface area contributed by atoms with Crippen LogP contribution in [0.1, 0.15) is 68.7 Å². The first-order valence-corrected chi connectivity index (χ1v) is 17.1. The van der Waals surface area contributed by atoms with Crippen LogP contribution in [0.3, 0.4) is 0 Å². The number of ether oxygens (including phenoxy) is 1. The Morgan fingerprint density at radius 3 is 1.77 bits per heavy atom. The van der Waals surface area contributed by atoms with Crippen molar-refractivity contribution in [2.75, 3.05) is 6.54 Å². The van der Waals surface area contributed by atoms with Gasteiger partial charge in [-0.05, 0) is 69.5 Å². The zero-order valence-corrected chi connectivity index (χ0v) is 24.5. The number of rotatable bonds is 9. The van der Waals surface area contributed by atoms with Crippen molar-refractivity contribution in [1.29, 1.82) is 0 Å². The maximum atomic E-state index is 12.1. The highest BCUT2D eigenvalue weighted by atomic mass is 28.4. The topological polar surface area (TPSA) is 56.8 Å². The monoisotopic (exact) mass is 471 g/mol. The molecule has 0 saturated carbocycles. The third kappa shape index (κ3) is 10.5. The van der Waals surface area contributed by atoms with Crippen LogP contribution in [0.25, 0.3) is 0 Å². The van der Waals surface area contributed by atoms with E-state index in [0.29, 0.717) is 13.0 Å². The second-order valence-electron chi connectivity index (χ2n) is 12.3. The van der Waals surface area contributed by atoms with Gasteiger partial charge in [0.25, 0.3) is 0 Å². The average Bonchev–Trinajstić information content (AvgIpc) is 2.49. The Labute approximate surface area is 194 Å². The average molecular weight is 472 g/mol. The molecule has 0 saturated heterocycles. The van der Waals surface area contributed by atoms with Crippen LogP contribution in [-0.2, 0) is 13.6 Å². The molecule has 0 radical (unpaired) electrons. The van der Waals surface area contributed by atoms with Crippen LogP contribution in [0.5, 0.6) is 0 Å². The fraction of sp³-hybridized carbons (Fsp3) is 0.833. The van der Waals surface area contributed by atoms with Crippen LogP contribution >= 0.6 is 0 Å². The Bertz CT molecular complexity index is 633. The SMILES string of the molecule is C=C=C[C@@H](O[Si](C)(C)C(C)(C)C)[C@@H](CCNC(=O)OC(C)(C)C)O[Si](C)(C)C(C)(C)C. The second-order valence-corrected chi connectivity index (χ2v) is 21.9. The number of carbonyl (C=O) groups is 1. The molecule has 0 rings (SSSR count). The van der Waals surface area contributed by atoms with Gasteiger partial charge in [0.05, 0.1) is 12.2 Å². The van der Waals surface area contributed by atoms with E-state index < -0.39 is 28.3 Å². The Hall–Kier alpha value is -0.856. The predicted octanol–water partition coefficient (Wildman–Crippen LogP) is 7.02. The van der Waals surface area contributed by atoms with Gasteiger partial charge < -0.3 is 18.9 Å². The molecule has 0 aromatic rings. The van der Waals surface area contributed by atoms with Crippen molar-refractivity contribution >= 4 is 22.7 Å². The minimum Gasteiger partial charge on any atom is -0.444 e. The van der Waals surface area contributed by atoms with Crippen molar-refractivity contribution in [2.45, 2.75) is 123 Å². The van der Waals surface area contributed by atoms with E-state index in [1.165, 1.54) is 0 Å². The molecule has 2 atom stereocenters. The number of hydrogen-bond acceptors (Lipinski definition) is 4. The molecule has 0 heterocycles. The summed E-state index contributed by atoms with van der Waals surface area (Å²) in [5.74, 6) is 0. The van der Waals surface area contributed by atoms with E-state index in [0.717, 1.165) is 0 Å². The Balaban J connectivity index is 5.70. The van der Waals surface area contributed by atoms with E-state index in [2.05, 4.69) is 85.4 Å². The molecule has 0 aliphatic heterocycles. The van der Waals surface area contributed by atoms with Crippen molar-refractivity contribution in [3.63, 3.8) is 0 Å². The first-order chi connectivity index (χ1) is 13.6. The van der Waals surface area contributed by atoms with E-state index in [1.807, 2.05) is 26.8 Å². The zero-order chi connectivity index (χ0) is 24.9. The fourth-order valence-corrected chi connectivity index (χ4v) is 4.94. The summed E-state index contributed by atoms with van der Waals surface area (Å²) in [6, 6.07) is 0. The minimum atomic E-state index is -2.07. The van der Waals surface area contributed by atoms with E-state index >= 15 is 0 Å². The molecule has 0 aliphatic rings. The van der Waals surface area contributed by atoms with E-state index in [1.54, 1.807) is 0 Å². The lowest BCUT2D eigenvalue weighted by atomic mass is 10.1. The van der Waals surface area contributed by atoms with Gasteiger partial charge in [-0.3, -0.25) is 0 Å². The Kier molecular flexibility index (Phi) is 10.5. The van der Waals surface area contributed by atoms with E-state index in [-0.39, 0.29) is 22.3 Å². The molecule has 0 aromatic carbocycles. The summed E-state index contributed by atoms with van der Waals surface area (Å²) in [4.78, 5) is 12.1. The summed E-state index contributed by atoms with van der Waals surface area (Å²) < 4.78 is 18.9. The third-order valence-corrected chi connectivity index (χ3v) is 15.2. The number of alkyl carbamates (subject to hydrolysis) is 1. The van der Waals surface area contributed by atoms with Gasteiger partial charge in [0.15, 0.2) is 16.6 Å². The minimum absolute atomic E-state index is 0.0588. The first kappa shape index (κ1) is 30.1. The van der Waals surface area contributed by atoms with Crippen LogP contribution in [-0.4, -0.2) is 47.1 Å². The maximum Gasteiger partial charge on any atom is 0.407 e. The summed E-state index contributed by atoms with van der Waals surface area (Å²) >= 11 is 0. The van der Waals surface area contributed by atoms with Crippen molar-refractivity contribution in [3.05, 3.63) is 18.4 Å². The molecule has 5 nitrogen and oxygen atoms in total. The largest absolute Gasteiger partial charge is 0.444 e. The normalized spacial score (nSPS) is 15.6. The van der Waals surface area contributed by atoms with Crippen molar-refractivity contribution < 1.29 is 18.4 Å². The number of amides is 1. The molecule has 0 fully saturated rings. The molecule has 0 bridgehead atoms. The molecular formula is C24H49NO4Si2. The molecule has 0 spiro atoms. The van der Waals surface area contributed by atoms with E-state index in [9.17, 15) is 4.79 Å². The summed E-state index contributed by atoms with van der Waals surface area (Å²) in [6.45, 7) is 32.1. The van der Waals surface area contributed by atoms with Crippen molar-refractivity contribution in [3.8, 4) is 0 Å². The molecule has 0 unspecified atom stereocenters. The standard InChI is InChI=1S/C24H49NO4Si2/c1-15-16-19(28-30(11,12)23(5,6)7)20(29-31(13,14)24(8,9)10)17-18-25-21(26)27-22(2,3)4/h16,19-20H,1,17-18H2,2-14H3,(H,25,26)/t19-,20-/m1/s1. The van der Waals surface area contributed by atoms with Crippen LogP contribution < -0.4 is 5.32 Å². The van der Waals surface area contributed by atoms with Crippen molar-refractivity contribution in [2.24, 2.45) is 0 Å². The van der Waals surface area contributed by atoms with Crippen LogP contribution in [0.2, 0.25) is 36.3 Å². The quantitative estimate of drug-likeness (QED) is 0.290. The van der Waals surface area contributed by atoms with Gasteiger partial charge in [0, 0.05) is 6.54 Å². The first-order valence-electron chi connectivity index (χ1n) is 11.3. The Morgan fingerprint density at radius 1 is 0.935 bits per heavy atom. The summed E-state index contributed by atoms with van der Waals surface area (Å²) in [6.07, 6.45) is 1.60. The number of nitrogens with one attached hydrogen (secondary N) is 1.